The third-order valence-corrected chi connectivity index (χ3v) is 4.46. The number of methoxy groups -OCH3 is 1. The van der Waals surface area contributed by atoms with Gasteiger partial charge in [0.1, 0.15) is 0 Å². The van der Waals surface area contributed by atoms with Crippen molar-refractivity contribution in [2.24, 2.45) is 0 Å². The Balaban J connectivity index is 2.13. The minimum absolute atomic E-state index is 0.180. The molecule has 0 aliphatic heterocycles. The molecule has 5 nitrogen and oxygen atoms in total. The van der Waals surface area contributed by atoms with E-state index in [1.807, 2.05) is 0 Å². The van der Waals surface area contributed by atoms with E-state index >= 15 is 0 Å². The maximum atomic E-state index is 12.7. The van der Waals surface area contributed by atoms with Crippen molar-refractivity contribution in [3.8, 4) is 0 Å². The Hall–Kier alpha value is -2.55. The number of carbonyl (C=O) groups is 1. The van der Waals surface area contributed by atoms with E-state index in [4.69, 9.17) is 0 Å². The first-order chi connectivity index (χ1) is 11.6. The van der Waals surface area contributed by atoms with Crippen LogP contribution in [0.1, 0.15) is 21.5 Å². The van der Waals surface area contributed by atoms with Crippen LogP contribution >= 0.6 is 0 Å². The van der Waals surface area contributed by atoms with Crippen LogP contribution in [-0.4, -0.2) is 21.5 Å². The van der Waals surface area contributed by atoms with Crippen molar-refractivity contribution in [3.05, 3.63) is 65.2 Å². The molecule has 25 heavy (non-hydrogen) atoms. The Labute approximate surface area is 142 Å². The Morgan fingerprint density at radius 1 is 1.12 bits per heavy atom. The number of sulfonamides is 1. The van der Waals surface area contributed by atoms with Crippen LogP contribution in [0, 0.1) is 0 Å². The zero-order valence-corrected chi connectivity index (χ0v) is 13.8. The number of carbonyl (C=O) groups excluding carboxylic acids is 1. The largest absolute Gasteiger partial charge is 0.465 e. The molecule has 0 aromatic heterocycles. The van der Waals surface area contributed by atoms with Crippen LogP contribution in [-0.2, 0) is 26.7 Å². The second kappa shape index (κ2) is 7.14. The maximum absolute atomic E-state index is 12.7. The van der Waals surface area contributed by atoms with Crippen LogP contribution in [0.5, 0.6) is 0 Å². The van der Waals surface area contributed by atoms with Crippen LogP contribution in [0.2, 0.25) is 0 Å². The summed E-state index contributed by atoms with van der Waals surface area (Å²) in [5.41, 5.74) is -0.502. The number of anilines is 1. The van der Waals surface area contributed by atoms with Gasteiger partial charge in [0.15, 0.2) is 0 Å². The number of nitrogens with one attached hydrogen (secondary N) is 1. The summed E-state index contributed by atoms with van der Waals surface area (Å²) in [7, 11) is -2.70. The summed E-state index contributed by atoms with van der Waals surface area (Å²) in [6.07, 6.45) is -4.56. The smallest absolute Gasteiger partial charge is 0.416 e. The van der Waals surface area contributed by atoms with Gasteiger partial charge in [-0.1, -0.05) is 18.2 Å². The van der Waals surface area contributed by atoms with Crippen molar-refractivity contribution < 1.29 is 31.1 Å². The molecule has 0 fully saturated rings. The molecule has 0 unspecified atom stereocenters. The molecule has 0 aliphatic rings. The molecule has 0 saturated heterocycles. The summed E-state index contributed by atoms with van der Waals surface area (Å²) < 4.78 is 68.9. The van der Waals surface area contributed by atoms with Gasteiger partial charge in [0, 0.05) is 5.69 Å². The van der Waals surface area contributed by atoms with Crippen molar-refractivity contribution >= 4 is 21.7 Å². The molecule has 0 radical (unpaired) electrons. The molecule has 0 spiro atoms. The molecule has 2 rings (SSSR count). The summed E-state index contributed by atoms with van der Waals surface area (Å²) in [4.78, 5) is 11.3. The Morgan fingerprint density at radius 2 is 1.76 bits per heavy atom. The van der Waals surface area contributed by atoms with Crippen molar-refractivity contribution in [1.29, 1.82) is 0 Å². The zero-order chi connectivity index (χ0) is 18.7. The fourth-order valence-corrected chi connectivity index (χ4v) is 3.24. The van der Waals surface area contributed by atoms with E-state index in [1.165, 1.54) is 37.4 Å². The molecule has 0 bridgehead atoms. The molecule has 0 heterocycles. The van der Waals surface area contributed by atoms with Crippen LogP contribution < -0.4 is 4.72 Å². The van der Waals surface area contributed by atoms with Gasteiger partial charge in [0.25, 0.3) is 0 Å². The summed E-state index contributed by atoms with van der Waals surface area (Å²) in [5.74, 6) is -1.01. The van der Waals surface area contributed by atoms with Gasteiger partial charge in [-0.2, -0.15) is 13.2 Å². The maximum Gasteiger partial charge on any atom is 0.416 e. The number of esters is 1. The molecule has 9 heteroatoms. The number of hydrogen-bond donors (Lipinski definition) is 1. The summed E-state index contributed by atoms with van der Waals surface area (Å²) in [6.45, 7) is 0. The topological polar surface area (TPSA) is 72.5 Å². The van der Waals surface area contributed by atoms with E-state index in [9.17, 15) is 26.4 Å². The third-order valence-electron chi connectivity index (χ3n) is 3.19. The second-order valence-electron chi connectivity index (χ2n) is 5.13. The highest BCUT2D eigenvalue weighted by Gasteiger charge is 2.30. The van der Waals surface area contributed by atoms with E-state index in [2.05, 4.69) is 9.46 Å². The van der Waals surface area contributed by atoms with Crippen molar-refractivity contribution in [2.45, 2.75) is 11.9 Å². The van der Waals surface area contributed by atoms with Crippen molar-refractivity contribution in [1.82, 2.24) is 0 Å². The Morgan fingerprint density at radius 3 is 2.32 bits per heavy atom. The fourth-order valence-electron chi connectivity index (χ4n) is 2.05. The molecule has 0 amide bonds. The highest BCUT2D eigenvalue weighted by atomic mass is 32.2. The van der Waals surface area contributed by atoms with Gasteiger partial charge in [-0.15, -0.1) is 0 Å². The lowest BCUT2D eigenvalue weighted by Gasteiger charge is -2.11. The standard InChI is InChI=1S/C16H14F3NO4S/c1-24-15(21)12-7-5-11(6-8-12)10-25(22,23)20-14-4-2-3-13(9-14)16(17,18)19/h2-9,20H,10H2,1H3. The lowest BCUT2D eigenvalue weighted by Crippen LogP contribution is -2.16. The highest BCUT2D eigenvalue weighted by Crippen LogP contribution is 2.31. The first-order valence-corrected chi connectivity index (χ1v) is 8.61. The minimum Gasteiger partial charge on any atom is -0.465 e. The minimum atomic E-state index is -4.56. The summed E-state index contributed by atoms with van der Waals surface area (Å²) in [6, 6.07) is 9.58. The van der Waals surface area contributed by atoms with E-state index in [0.717, 1.165) is 18.2 Å². The molecule has 0 aliphatic carbocycles. The Bertz CT molecular complexity index is 862. The summed E-state index contributed by atoms with van der Waals surface area (Å²) >= 11 is 0. The van der Waals surface area contributed by atoms with Crippen LogP contribution in [0.15, 0.2) is 48.5 Å². The van der Waals surface area contributed by atoms with E-state index in [1.54, 1.807) is 0 Å². The predicted molar refractivity (Wildman–Crippen MR) is 85.5 cm³/mol. The van der Waals surface area contributed by atoms with Crippen molar-refractivity contribution in [2.75, 3.05) is 11.8 Å². The molecule has 2 aromatic rings. The van der Waals surface area contributed by atoms with Crippen LogP contribution in [0.4, 0.5) is 18.9 Å². The van der Waals surface area contributed by atoms with Gasteiger partial charge in [0.2, 0.25) is 10.0 Å². The van der Waals surface area contributed by atoms with E-state index in [-0.39, 0.29) is 11.3 Å². The predicted octanol–water partition coefficient (Wildman–Crippen LogP) is 3.43. The normalized spacial score (nSPS) is 11.8. The molecule has 0 saturated carbocycles. The van der Waals surface area contributed by atoms with E-state index in [0.29, 0.717) is 5.56 Å². The first-order valence-electron chi connectivity index (χ1n) is 6.96. The molecule has 134 valence electrons. The van der Waals surface area contributed by atoms with Gasteiger partial charge in [-0.25, -0.2) is 13.2 Å². The zero-order valence-electron chi connectivity index (χ0n) is 13.0. The highest BCUT2D eigenvalue weighted by molar-refractivity contribution is 7.91. The van der Waals surface area contributed by atoms with Crippen LogP contribution in [0.3, 0.4) is 0 Å². The Kier molecular flexibility index (Phi) is 5.36. The summed E-state index contributed by atoms with van der Waals surface area (Å²) in [5, 5.41) is 0. The van der Waals surface area contributed by atoms with Gasteiger partial charge in [0.05, 0.1) is 24.0 Å². The fraction of sp³-hybridized carbons (Fsp3) is 0.188. The average molecular weight is 373 g/mol. The second-order valence-corrected chi connectivity index (χ2v) is 6.85. The van der Waals surface area contributed by atoms with Gasteiger partial charge >= 0.3 is 12.1 Å². The lowest BCUT2D eigenvalue weighted by atomic mass is 10.1. The number of rotatable bonds is 5. The average Bonchev–Trinajstić information content (AvgIpc) is 2.53. The number of alkyl halides is 3. The number of hydrogen-bond acceptors (Lipinski definition) is 4. The quantitative estimate of drug-likeness (QED) is 0.815. The number of benzene rings is 2. The molecule has 0 atom stereocenters. The van der Waals surface area contributed by atoms with Crippen LogP contribution in [0.25, 0.3) is 0 Å². The molecule has 2 aromatic carbocycles. The van der Waals surface area contributed by atoms with Gasteiger partial charge in [-0.3, -0.25) is 4.72 Å². The first kappa shape index (κ1) is 18.8. The van der Waals surface area contributed by atoms with Gasteiger partial charge in [-0.05, 0) is 35.9 Å². The SMILES string of the molecule is COC(=O)c1ccc(CS(=O)(=O)Nc2cccc(C(F)(F)F)c2)cc1. The molecule has 1 N–H and O–H groups in total. The third kappa shape index (κ3) is 5.21. The van der Waals surface area contributed by atoms with E-state index < -0.39 is 33.5 Å². The lowest BCUT2D eigenvalue weighted by molar-refractivity contribution is -0.137. The monoisotopic (exact) mass is 373 g/mol. The van der Waals surface area contributed by atoms with Gasteiger partial charge < -0.3 is 4.74 Å². The van der Waals surface area contributed by atoms with Crippen molar-refractivity contribution in [3.63, 3.8) is 0 Å². The number of halogens is 3. The molecular weight excluding hydrogens is 359 g/mol. The molecular formula is C16H14F3NO4S. The number of ether oxygens (including phenoxy) is 1.